The molecule has 1 aliphatic heterocycles. The maximum Gasteiger partial charge on any atom is 0.216 e. The minimum Gasteiger partial charge on any atom is -0.507 e. The van der Waals surface area contributed by atoms with Crippen molar-refractivity contribution < 1.29 is 9.84 Å². The average Bonchev–Trinajstić information content (AvgIpc) is 2.66. The predicted molar refractivity (Wildman–Crippen MR) is 62.2 cm³/mol. The van der Waals surface area contributed by atoms with Crippen molar-refractivity contribution in [1.29, 1.82) is 0 Å². The van der Waals surface area contributed by atoms with E-state index in [1.807, 2.05) is 26.0 Å². The number of aromatic hydroxyl groups is 1. The molecule has 0 radical (unpaired) electrons. The van der Waals surface area contributed by atoms with Crippen LogP contribution >= 0.6 is 12.4 Å². The molecule has 0 spiro atoms. The topological polar surface area (TPSA) is 41.8 Å². The first-order chi connectivity index (χ1) is 6.68. The first kappa shape index (κ1) is 11.9. The highest BCUT2D eigenvalue weighted by molar-refractivity contribution is 5.95. The highest BCUT2D eigenvalue weighted by Crippen LogP contribution is 2.23. The smallest absolute Gasteiger partial charge is 0.216 e. The lowest BCUT2D eigenvalue weighted by Crippen LogP contribution is -2.02. The Morgan fingerprint density at radius 1 is 1.27 bits per heavy atom. The molecule has 0 fully saturated rings. The van der Waals surface area contributed by atoms with E-state index in [1.165, 1.54) is 0 Å². The van der Waals surface area contributed by atoms with Gasteiger partial charge in [-0.2, -0.15) is 0 Å². The van der Waals surface area contributed by atoms with Crippen molar-refractivity contribution in [3.05, 3.63) is 28.8 Å². The van der Waals surface area contributed by atoms with Crippen molar-refractivity contribution in [2.45, 2.75) is 13.8 Å². The van der Waals surface area contributed by atoms with E-state index >= 15 is 0 Å². The van der Waals surface area contributed by atoms with E-state index < -0.39 is 0 Å². The molecule has 3 nitrogen and oxygen atoms in total. The summed E-state index contributed by atoms with van der Waals surface area (Å²) in [4.78, 5) is 4.23. The van der Waals surface area contributed by atoms with E-state index in [4.69, 9.17) is 4.74 Å². The Labute approximate surface area is 95.2 Å². The van der Waals surface area contributed by atoms with Gasteiger partial charge >= 0.3 is 0 Å². The molecule has 1 aliphatic rings. The fraction of sp³-hybridized carbons (Fsp3) is 0.364. The van der Waals surface area contributed by atoms with Gasteiger partial charge in [0.2, 0.25) is 5.90 Å². The van der Waals surface area contributed by atoms with Gasteiger partial charge < -0.3 is 9.84 Å². The minimum absolute atomic E-state index is 0. The van der Waals surface area contributed by atoms with Crippen molar-refractivity contribution in [2.75, 3.05) is 13.2 Å². The van der Waals surface area contributed by atoms with Crippen molar-refractivity contribution in [3.8, 4) is 5.75 Å². The van der Waals surface area contributed by atoms with Crippen LogP contribution in [0, 0.1) is 13.8 Å². The summed E-state index contributed by atoms with van der Waals surface area (Å²) < 4.78 is 5.36. The van der Waals surface area contributed by atoms with Gasteiger partial charge in [-0.05, 0) is 37.1 Å². The lowest BCUT2D eigenvalue weighted by molar-refractivity contribution is 0.348. The lowest BCUT2D eigenvalue weighted by atomic mass is 10.1. The summed E-state index contributed by atoms with van der Waals surface area (Å²) in [5.74, 6) is 1.04. The standard InChI is InChI=1S/C11H13NO2.ClH/c1-7-5-9(6-8(2)10(7)13)11-12-3-4-14-11;/h5-6,13H,3-4H2,1-2H3;1H. The van der Waals surface area contributed by atoms with E-state index in [-0.39, 0.29) is 12.4 Å². The minimum atomic E-state index is 0. The normalized spacial score (nSPS) is 14.1. The van der Waals surface area contributed by atoms with Gasteiger partial charge in [0, 0.05) is 5.56 Å². The molecule has 1 heterocycles. The first-order valence-electron chi connectivity index (χ1n) is 4.66. The number of hydrogen-bond donors (Lipinski definition) is 1. The molecule has 82 valence electrons. The molecule has 0 saturated heterocycles. The summed E-state index contributed by atoms with van der Waals surface area (Å²) in [5.41, 5.74) is 2.67. The molecule has 0 aliphatic carbocycles. The molecule has 0 unspecified atom stereocenters. The number of phenolic OH excluding ortho intramolecular Hbond substituents is 1. The van der Waals surface area contributed by atoms with E-state index in [0.717, 1.165) is 23.2 Å². The van der Waals surface area contributed by atoms with Gasteiger partial charge in [0.15, 0.2) is 0 Å². The SMILES string of the molecule is Cc1cc(C2=NCCO2)cc(C)c1O.Cl. The molecule has 15 heavy (non-hydrogen) atoms. The van der Waals surface area contributed by atoms with E-state index in [2.05, 4.69) is 4.99 Å². The van der Waals surface area contributed by atoms with Gasteiger partial charge in [-0.1, -0.05) is 0 Å². The average molecular weight is 228 g/mol. The summed E-state index contributed by atoms with van der Waals surface area (Å²) in [6.07, 6.45) is 0. The molecule has 0 atom stereocenters. The first-order valence-corrected chi connectivity index (χ1v) is 4.66. The summed E-state index contributed by atoms with van der Waals surface area (Å²) >= 11 is 0. The maximum absolute atomic E-state index is 9.59. The van der Waals surface area contributed by atoms with Crippen molar-refractivity contribution >= 4 is 18.3 Å². The third kappa shape index (κ3) is 2.23. The van der Waals surface area contributed by atoms with Gasteiger partial charge in [0.05, 0.1) is 6.54 Å². The molecule has 0 bridgehead atoms. The number of halogens is 1. The highest BCUT2D eigenvalue weighted by Gasteiger charge is 2.12. The van der Waals surface area contributed by atoms with Gasteiger partial charge in [-0.15, -0.1) is 12.4 Å². The molecule has 0 aromatic heterocycles. The maximum atomic E-state index is 9.59. The number of rotatable bonds is 1. The zero-order valence-corrected chi connectivity index (χ0v) is 9.60. The molecular formula is C11H14ClNO2. The van der Waals surface area contributed by atoms with Crippen LogP contribution < -0.4 is 0 Å². The summed E-state index contributed by atoms with van der Waals surface area (Å²) in [7, 11) is 0. The number of benzene rings is 1. The Hall–Kier alpha value is -1.22. The second kappa shape index (κ2) is 4.53. The quantitative estimate of drug-likeness (QED) is 0.799. The van der Waals surface area contributed by atoms with Crippen molar-refractivity contribution in [1.82, 2.24) is 0 Å². The third-order valence-corrected chi connectivity index (χ3v) is 2.32. The summed E-state index contributed by atoms with van der Waals surface area (Å²) in [6.45, 7) is 5.14. The van der Waals surface area contributed by atoms with Crippen LogP contribution in [-0.4, -0.2) is 24.2 Å². The summed E-state index contributed by atoms with van der Waals surface area (Å²) in [6, 6.07) is 3.79. The number of phenols is 1. The number of aryl methyl sites for hydroxylation is 2. The van der Waals surface area contributed by atoms with Gasteiger partial charge in [0.1, 0.15) is 12.4 Å². The number of hydrogen-bond acceptors (Lipinski definition) is 3. The van der Waals surface area contributed by atoms with Gasteiger partial charge in [-0.25, -0.2) is 4.99 Å². The van der Waals surface area contributed by atoms with Crippen LogP contribution in [0.4, 0.5) is 0 Å². The monoisotopic (exact) mass is 227 g/mol. The van der Waals surface area contributed by atoms with Crippen LogP contribution in [0.2, 0.25) is 0 Å². The molecule has 0 saturated carbocycles. The van der Waals surface area contributed by atoms with Crippen LogP contribution in [-0.2, 0) is 4.74 Å². The van der Waals surface area contributed by atoms with Gasteiger partial charge in [-0.3, -0.25) is 0 Å². The van der Waals surface area contributed by atoms with Crippen molar-refractivity contribution in [3.63, 3.8) is 0 Å². The highest BCUT2D eigenvalue weighted by atomic mass is 35.5. The number of nitrogens with zero attached hydrogens (tertiary/aromatic N) is 1. The fourth-order valence-electron chi connectivity index (χ4n) is 1.59. The Balaban J connectivity index is 0.00000112. The molecule has 1 N–H and O–H groups in total. The van der Waals surface area contributed by atoms with Crippen LogP contribution in [0.1, 0.15) is 16.7 Å². The molecular weight excluding hydrogens is 214 g/mol. The molecule has 0 amide bonds. The van der Waals surface area contributed by atoms with Crippen molar-refractivity contribution in [2.24, 2.45) is 4.99 Å². The molecule has 1 aromatic rings. The molecule has 4 heteroatoms. The van der Waals surface area contributed by atoms with E-state index in [9.17, 15) is 5.11 Å². The number of aliphatic imine (C=N–C) groups is 1. The second-order valence-corrected chi connectivity index (χ2v) is 3.49. The lowest BCUT2D eigenvalue weighted by Gasteiger charge is -2.07. The van der Waals surface area contributed by atoms with Crippen LogP contribution in [0.3, 0.4) is 0 Å². The predicted octanol–water partition coefficient (Wildman–Crippen LogP) is 2.21. The Morgan fingerprint density at radius 2 is 1.87 bits per heavy atom. The summed E-state index contributed by atoms with van der Waals surface area (Å²) in [5, 5.41) is 9.59. The largest absolute Gasteiger partial charge is 0.507 e. The fourth-order valence-corrected chi connectivity index (χ4v) is 1.59. The Kier molecular flexibility index (Phi) is 3.58. The third-order valence-electron chi connectivity index (χ3n) is 2.32. The second-order valence-electron chi connectivity index (χ2n) is 3.49. The Morgan fingerprint density at radius 3 is 2.33 bits per heavy atom. The van der Waals surface area contributed by atoms with E-state index in [1.54, 1.807) is 0 Å². The van der Waals surface area contributed by atoms with Gasteiger partial charge in [0.25, 0.3) is 0 Å². The Bertz CT molecular complexity index is 379. The van der Waals surface area contributed by atoms with Crippen LogP contribution in [0.5, 0.6) is 5.75 Å². The van der Waals surface area contributed by atoms with Crippen LogP contribution in [0.15, 0.2) is 17.1 Å². The van der Waals surface area contributed by atoms with E-state index in [0.29, 0.717) is 18.3 Å². The number of ether oxygens (including phenoxy) is 1. The zero-order valence-electron chi connectivity index (χ0n) is 8.78. The molecule has 2 rings (SSSR count). The van der Waals surface area contributed by atoms with Crippen LogP contribution in [0.25, 0.3) is 0 Å². The molecule has 1 aromatic carbocycles. The zero-order chi connectivity index (χ0) is 10.1.